The first-order chi connectivity index (χ1) is 11.7. The van der Waals surface area contributed by atoms with Gasteiger partial charge in [0.1, 0.15) is 5.01 Å². The van der Waals surface area contributed by atoms with Crippen molar-refractivity contribution >= 4 is 17.3 Å². The molecule has 134 valence electrons. The number of aromatic nitrogens is 1. The Bertz CT molecular complexity index is 540. The van der Waals surface area contributed by atoms with E-state index in [0.717, 1.165) is 48.3 Å². The maximum Gasteiger partial charge on any atom is 0.191 e. The number of nitrogens with zero attached hydrogens (tertiary/aromatic N) is 3. The molecule has 0 atom stereocenters. The molecule has 0 amide bonds. The van der Waals surface area contributed by atoms with Crippen molar-refractivity contribution in [2.24, 2.45) is 10.9 Å². The summed E-state index contributed by atoms with van der Waals surface area (Å²) in [4.78, 5) is 13.2. The molecule has 2 aliphatic carbocycles. The standard InChI is InChI=1S/C18H31N5S/c1-4-19-18(21-11-17-22-13(2)14(3)24-17)20-9-10-23(16-7-8-16)12-15-5-6-15/h15-16H,4-12H2,1-3H3,(H2,19,20,21). The van der Waals surface area contributed by atoms with Crippen LogP contribution >= 0.6 is 11.3 Å². The molecular formula is C18H31N5S. The highest BCUT2D eigenvalue weighted by molar-refractivity contribution is 7.11. The van der Waals surface area contributed by atoms with Crippen molar-refractivity contribution in [3.63, 3.8) is 0 Å². The van der Waals surface area contributed by atoms with E-state index >= 15 is 0 Å². The van der Waals surface area contributed by atoms with E-state index in [2.05, 4.69) is 41.3 Å². The van der Waals surface area contributed by atoms with Crippen LogP contribution in [0.25, 0.3) is 0 Å². The maximum atomic E-state index is 4.69. The molecule has 1 aromatic rings. The zero-order valence-corrected chi connectivity index (χ0v) is 16.1. The van der Waals surface area contributed by atoms with Crippen molar-refractivity contribution in [1.82, 2.24) is 20.5 Å². The highest BCUT2D eigenvalue weighted by Gasteiger charge is 2.33. The van der Waals surface area contributed by atoms with E-state index in [4.69, 9.17) is 4.99 Å². The Morgan fingerprint density at radius 1 is 1.25 bits per heavy atom. The molecule has 2 fully saturated rings. The molecule has 0 bridgehead atoms. The molecule has 0 radical (unpaired) electrons. The number of aryl methyl sites for hydroxylation is 2. The summed E-state index contributed by atoms with van der Waals surface area (Å²) in [6.07, 6.45) is 5.66. The Hall–Kier alpha value is -1.14. The van der Waals surface area contributed by atoms with Gasteiger partial charge in [-0.1, -0.05) is 0 Å². The summed E-state index contributed by atoms with van der Waals surface area (Å²) in [5, 5.41) is 7.93. The lowest BCUT2D eigenvalue weighted by Gasteiger charge is -2.22. The average molecular weight is 350 g/mol. The van der Waals surface area contributed by atoms with Crippen LogP contribution in [0.3, 0.4) is 0 Å². The Balaban J connectivity index is 1.46. The van der Waals surface area contributed by atoms with Gasteiger partial charge in [0, 0.05) is 37.1 Å². The van der Waals surface area contributed by atoms with E-state index < -0.39 is 0 Å². The van der Waals surface area contributed by atoms with Gasteiger partial charge in [0.05, 0.1) is 12.2 Å². The average Bonchev–Trinajstić information content (AvgIpc) is 3.44. The second-order valence-electron chi connectivity index (χ2n) is 7.04. The fourth-order valence-electron chi connectivity index (χ4n) is 2.91. The molecular weight excluding hydrogens is 318 g/mol. The van der Waals surface area contributed by atoms with Crippen LogP contribution in [0.15, 0.2) is 4.99 Å². The lowest BCUT2D eigenvalue weighted by atomic mass is 10.3. The highest BCUT2D eigenvalue weighted by atomic mass is 32.1. The maximum absolute atomic E-state index is 4.69. The van der Waals surface area contributed by atoms with Gasteiger partial charge in [0.2, 0.25) is 0 Å². The number of nitrogens with one attached hydrogen (secondary N) is 2. The van der Waals surface area contributed by atoms with Gasteiger partial charge in [-0.25, -0.2) is 9.98 Å². The molecule has 0 aliphatic heterocycles. The SMILES string of the molecule is CCNC(=NCc1nc(C)c(C)s1)NCCN(CC1CC1)C1CC1. The first kappa shape index (κ1) is 17.7. The van der Waals surface area contributed by atoms with Crippen molar-refractivity contribution in [2.75, 3.05) is 26.2 Å². The predicted octanol–water partition coefficient (Wildman–Crippen LogP) is 2.69. The lowest BCUT2D eigenvalue weighted by molar-refractivity contribution is 0.256. The molecule has 0 unspecified atom stereocenters. The minimum atomic E-state index is 0.656. The van der Waals surface area contributed by atoms with E-state index in [1.807, 2.05) is 0 Å². The smallest absolute Gasteiger partial charge is 0.191 e. The van der Waals surface area contributed by atoms with Crippen LogP contribution in [0.5, 0.6) is 0 Å². The third-order valence-electron chi connectivity index (χ3n) is 4.73. The van der Waals surface area contributed by atoms with E-state index in [0.29, 0.717) is 6.54 Å². The highest BCUT2D eigenvalue weighted by Crippen LogP contribution is 2.34. The van der Waals surface area contributed by atoms with Gasteiger partial charge in [0.25, 0.3) is 0 Å². The summed E-state index contributed by atoms with van der Waals surface area (Å²) in [5.74, 6) is 1.88. The fraction of sp³-hybridized carbons (Fsp3) is 0.778. The van der Waals surface area contributed by atoms with E-state index in [1.54, 1.807) is 11.3 Å². The first-order valence-electron chi connectivity index (χ1n) is 9.34. The van der Waals surface area contributed by atoms with Crippen LogP contribution in [-0.4, -0.2) is 48.1 Å². The minimum Gasteiger partial charge on any atom is -0.357 e. The Labute approximate surface area is 150 Å². The molecule has 0 aromatic carbocycles. The van der Waals surface area contributed by atoms with Gasteiger partial charge in [0.15, 0.2) is 5.96 Å². The molecule has 3 rings (SSSR count). The predicted molar refractivity (Wildman–Crippen MR) is 102 cm³/mol. The van der Waals surface area contributed by atoms with Gasteiger partial charge in [-0.05, 0) is 52.4 Å². The van der Waals surface area contributed by atoms with Crippen molar-refractivity contribution in [3.05, 3.63) is 15.6 Å². The number of aliphatic imine (C=N–C) groups is 1. The summed E-state index contributed by atoms with van der Waals surface area (Å²) >= 11 is 1.75. The third-order valence-corrected chi connectivity index (χ3v) is 5.79. The molecule has 5 nitrogen and oxygen atoms in total. The molecule has 1 aromatic heterocycles. The number of hydrogen-bond acceptors (Lipinski definition) is 4. The van der Waals surface area contributed by atoms with Gasteiger partial charge in [-0.3, -0.25) is 4.90 Å². The van der Waals surface area contributed by atoms with Crippen LogP contribution in [0, 0.1) is 19.8 Å². The normalized spacial score (nSPS) is 18.2. The molecule has 6 heteroatoms. The molecule has 24 heavy (non-hydrogen) atoms. The minimum absolute atomic E-state index is 0.656. The summed E-state index contributed by atoms with van der Waals surface area (Å²) < 4.78 is 0. The zero-order valence-electron chi connectivity index (χ0n) is 15.3. The van der Waals surface area contributed by atoms with Crippen molar-refractivity contribution < 1.29 is 0 Å². The van der Waals surface area contributed by atoms with E-state index in [-0.39, 0.29) is 0 Å². The zero-order chi connectivity index (χ0) is 16.9. The van der Waals surface area contributed by atoms with Crippen LogP contribution in [0.2, 0.25) is 0 Å². The number of hydrogen-bond donors (Lipinski definition) is 2. The van der Waals surface area contributed by atoms with Crippen LogP contribution in [-0.2, 0) is 6.54 Å². The first-order valence-corrected chi connectivity index (χ1v) is 10.2. The van der Waals surface area contributed by atoms with Crippen molar-refractivity contribution in [1.29, 1.82) is 0 Å². The number of rotatable bonds is 9. The molecule has 0 saturated heterocycles. The topological polar surface area (TPSA) is 52.6 Å². The van der Waals surface area contributed by atoms with Crippen molar-refractivity contribution in [3.8, 4) is 0 Å². The third kappa shape index (κ3) is 5.45. The van der Waals surface area contributed by atoms with Gasteiger partial charge in [-0.15, -0.1) is 11.3 Å². The van der Waals surface area contributed by atoms with Gasteiger partial charge < -0.3 is 10.6 Å². The molecule has 2 saturated carbocycles. The second-order valence-corrected chi connectivity index (χ2v) is 8.33. The summed E-state index contributed by atoms with van der Waals surface area (Å²) in [5.41, 5.74) is 1.13. The largest absolute Gasteiger partial charge is 0.357 e. The quantitative estimate of drug-likeness (QED) is 0.532. The Kier molecular flexibility index (Phi) is 6.11. The Morgan fingerprint density at radius 3 is 2.62 bits per heavy atom. The number of thiazole rings is 1. The molecule has 2 N–H and O–H groups in total. The summed E-state index contributed by atoms with van der Waals surface area (Å²) in [7, 11) is 0. The van der Waals surface area contributed by atoms with E-state index in [9.17, 15) is 0 Å². The molecule has 1 heterocycles. The second kappa shape index (κ2) is 8.30. The van der Waals surface area contributed by atoms with Crippen LogP contribution in [0.4, 0.5) is 0 Å². The van der Waals surface area contributed by atoms with Gasteiger partial charge in [-0.2, -0.15) is 0 Å². The van der Waals surface area contributed by atoms with Gasteiger partial charge >= 0.3 is 0 Å². The van der Waals surface area contributed by atoms with E-state index in [1.165, 1.54) is 37.1 Å². The van der Waals surface area contributed by atoms with Crippen LogP contribution in [0.1, 0.15) is 48.2 Å². The lowest BCUT2D eigenvalue weighted by Crippen LogP contribution is -2.42. The van der Waals surface area contributed by atoms with Crippen LogP contribution < -0.4 is 10.6 Å². The Morgan fingerprint density at radius 2 is 2.04 bits per heavy atom. The molecule has 2 aliphatic rings. The summed E-state index contributed by atoms with van der Waals surface area (Å²) in [6, 6.07) is 0.855. The summed E-state index contributed by atoms with van der Waals surface area (Å²) in [6.45, 7) is 11.2. The molecule has 0 spiro atoms. The number of guanidine groups is 1. The monoisotopic (exact) mass is 349 g/mol. The fourth-order valence-corrected chi connectivity index (χ4v) is 3.77. The van der Waals surface area contributed by atoms with Crippen molar-refractivity contribution in [2.45, 2.75) is 59.0 Å².